The number of fused-ring (bicyclic) bond motifs is 3. The lowest BCUT2D eigenvalue weighted by Crippen LogP contribution is -2.45. The van der Waals surface area contributed by atoms with Crippen molar-refractivity contribution >= 4 is 79.3 Å². The third kappa shape index (κ3) is 16.5. The number of carbonyl (C=O) groups is 1. The number of Topliss-reactive ketones (excluding diaryl/α,β-unsaturated/α-hetero) is 1. The summed E-state index contributed by atoms with van der Waals surface area (Å²) in [5.41, 5.74) is 11.6. The van der Waals surface area contributed by atoms with Crippen molar-refractivity contribution in [2.45, 2.75) is 64.6 Å². The molecule has 0 bridgehead atoms. The van der Waals surface area contributed by atoms with E-state index in [1.54, 1.807) is 10.7 Å². The molecule has 0 atom stereocenters. The molecule has 3 saturated heterocycles. The largest absolute Gasteiger partial charge is 0.377 e. The molecule has 5 aliphatic rings. The minimum Gasteiger partial charge on any atom is -0.377 e. The lowest BCUT2D eigenvalue weighted by Gasteiger charge is -2.32. The number of hydrogen-bond acceptors (Lipinski definition) is 18. The van der Waals surface area contributed by atoms with Gasteiger partial charge in [0, 0.05) is 151 Å². The second-order valence-corrected chi connectivity index (χ2v) is 28.9. The third-order valence-electron chi connectivity index (χ3n) is 20.5. The lowest BCUT2D eigenvalue weighted by molar-refractivity contribution is 0.0128. The number of ketones is 1. The van der Waals surface area contributed by atoms with Gasteiger partial charge in [0.15, 0.2) is 22.7 Å². The first-order valence-corrected chi connectivity index (χ1v) is 37.2. The zero-order valence-electron chi connectivity index (χ0n) is 59.2. The Morgan fingerprint density at radius 1 is 0.471 bits per heavy atom. The fourth-order valence-corrected chi connectivity index (χ4v) is 15.2. The lowest BCUT2D eigenvalue weighted by atomic mass is 9.94. The molecule has 0 radical (unpaired) electrons. The SMILES string of the molecule is CN1CCN(CCn2nc(-c3cccc(C(=O)C4CCCC4)c3)c3c(Cl)c(-c4ccccc4)nnc32)CC1.CN1CCN(CCn2nc(-c3ccnc(C(C)(F)F)c3)c3c(Cl)c(-c4ccccc4)nnc32)CC1.CN1CCN(CCn2nc(C3=CCOCC3)c3c(Cl)c(-c4ccccc4)nnc32)CC1. The number of hydrogen-bond donors (Lipinski definition) is 0. The van der Waals surface area contributed by atoms with Crippen LogP contribution in [0.1, 0.15) is 60.8 Å². The summed E-state index contributed by atoms with van der Waals surface area (Å²) >= 11 is 20.9. The Balaban J connectivity index is 0.000000132. The molecule has 16 rings (SSSR count). The minimum absolute atomic E-state index is 0.127. The standard InChI is InChI=1S/C30H33ClN6O.C25H26ClF2N7.C23H27ClN6O/c1-35-14-16-36(17-15-35)18-19-37-30-25(26(31)28(32-33-30)21-8-3-2-4-9-21)27(34-37)23-12-7-13-24(20-23)29(38)22-10-5-6-11-22;1-25(27,28)19-16-18(8-9-29-19)22-20-21(26)23(17-6-4-3-5-7-17)30-31-24(20)35(32-22)15-14-34-12-10-33(2)11-13-34;1-28-9-11-29(12-10-28)13-14-30-23-19(21(27-30)18-7-15-31-16-8-18)20(24)22(25-26-23)17-5-3-2-4-6-17/h2-4,7-9,12-13,20,22H,5-6,10-11,14-19H2,1H3;3-9,16H,10-15H2,1-2H3;2-7H,8-16H2,1H3. The van der Waals surface area contributed by atoms with E-state index in [-0.39, 0.29) is 17.4 Å². The van der Waals surface area contributed by atoms with E-state index in [1.807, 2.05) is 125 Å². The number of piperazine rings is 3. The van der Waals surface area contributed by atoms with E-state index in [4.69, 9.17) is 54.8 Å². The van der Waals surface area contributed by atoms with Gasteiger partial charge in [-0.05, 0) is 64.2 Å². The average Bonchev–Trinajstić information content (AvgIpc) is 1.60. The van der Waals surface area contributed by atoms with Gasteiger partial charge in [0.2, 0.25) is 0 Å². The summed E-state index contributed by atoms with van der Waals surface area (Å²) in [7, 11) is 6.46. The topological polar surface area (TPSA) is 189 Å². The highest BCUT2D eigenvalue weighted by molar-refractivity contribution is 6.39. The number of carbonyl (C=O) groups excluding carboxylic acids is 1. The summed E-state index contributed by atoms with van der Waals surface area (Å²) in [5, 5.41) is 45.8. The van der Waals surface area contributed by atoms with Gasteiger partial charge in [-0.25, -0.2) is 14.0 Å². The summed E-state index contributed by atoms with van der Waals surface area (Å²) < 4.78 is 39.3. The fourth-order valence-electron chi connectivity index (χ4n) is 14.2. The summed E-state index contributed by atoms with van der Waals surface area (Å²) in [4.78, 5) is 31.4. The van der Waals surface area contributed by atoms with Gasteiger partial charge < -0.3 is 19.4 Å². The molecule has 4 fully saturated rings. The number of benzene rings is 4. The van der Waals surface area contributed by atoms with Crippen LogP contribution in [-0.2, 0) is 30.3 Å². The van der Waals surface area contributed by atoms with Crippen LogP contribution in [0.25, 0.3) is 95.0 Å². The molecule has 11 heterocycles. The molecule has 0 N–H and O–H groups in total. The van der Waals surface area contributed by atoms with Gasteiger partial charge in [0.1, 0.15) is 34.2 Å². The van der Waals surface area contributed by atoms with E-state index in [1.165, 1.54) is 17.8 Å². The predicted octanol–water partition coefficient (Wildman–Crippen LogP) is 13.2. The van der Waals surface area contributed by atoms with Crippen molar-refractivity contribution in [3.63, 3.8) is 0 Å². The molecule has 7 aromatic heterocycles. The first-order chi connectivity index (χ1) is 50.6. The van der Waals surface area contributed by atoms with Crippen molar-refractivity contribution in [3.8, 4) is 56.3 Å². The van der Waals surface area contributed by atoms with Gasteiger partial charge in [-0.3, -0.25) is 24.5 Å². The Morgan fingerprint density at radius 3 is 1.27 bits per heavy atom. The monoisotopic (exact) mass is 1460 g/mol. The minimum atomic E-state index is -3.07. The smallest absolute Gasteiger partial charge is 0.286 e. The van der Waals surface area contributed by atoms with Crippen LogP contribution in [0.15, 0.2) is 140 Å². The van der Waals surface area contributed by atoms with E-state index < -0.39 is 5.92 Å². The number of likely N-dealkylation sites (N-methyl/N-ethyl adjacent to an activating group) is 3. The van der Waals surface area contributed by atoms with Gasteiger partial charge in [0.05, 0.1) is 69.8 Å². The number of rotatable bonds is 18. The molecule has 1 aliphatic carbocycles. The van der Waals surface area contributed by atoms with Crippen LogP contribution in [0.5, 0.6) is 0 Å². The summed E-state index contributed by atoms with van der Waals surface area (Å²) in [5.74, 6) is -2.71. The average molecular weight is 1470 g/mol. The van der Waals surface area contributed by atoms with E-state index in [0.29, 0.717) is 86.4 Å². The Bertz CT molecular complexity index is 4810. The first-order valence-electron chi connectivity index (χ1n) is 36.0. The second-order valence-electron chi connectivity index (χ2n) is 27.7. The van der Waals surface area contributed by atoms with Crippen molar-refractivity contribution in [2.75, 3.05) is 133 Å². The Kier molecular flexibility index (Phi) is 22.9. The normalized spacial score (nSPS) is 17.1. The van der Waals surface area contributed by atoms with Crippen molar-refractivity contribution in [1.82, 2.24) is 94.3 Å². The molecule has 0 unspecified atom stereocenters. The van der Waals surface area contributed by atoms with Crippen molar-refractivity contribution in [1.29, 1.82) is 0 Å². The second kappa shape index (κ2) is 32.9. The van der Waals surface area contributed by atoms with Gasteiger partial charge in [-0.2, -0.15) is 24.1 Å². The molecule has 21 nitrogen and oxygen atoms in total. The molecular weight excluding hydrogens is 1380 g/mol. The number of pyridine rings is 1. The number of halogens is 5. The van der Waals surface area contributed by atoms with Gasteiger partial charge in [-0.15, -0.1) is 30.6 Å². The van der Waals surface area contributed by atoms with E-state index in [9.17, 15) is 13.6 Å². The highest BCUT2D eigenvalue weighted by Crippen LogP contribution is 2.42. The molecule has 0 spiro atoms. The van der Waals surface area contributed by atoms with Crippen molar-refractivity contribution < 1.29 is 18.3 Å². The number of alkyl halides is 2. The summed E-state index contributed by atoms with van der Waals surface area (Å²) in [6.45, 7) is 19.3. The molecule has 11 aromatic rings. The Labute approximate surface area is 619 Å². The van der Waals surface area contributed by atoms with Crippen LogP contribution in [-0.4, -0.2) is 233 Å². The van der Waals surface area contributed by atoms with E-state index in [0.717, 1.165) is 199 Å². The highest BCUT2D eigenvalue weighted by Gasteiger charge is 2.31. The quantitative estimate of drug-likeness (QED) is 0.0737. The predicted molar refractivity (Wildman–Crippen MR) is 407 cm³/mol. The molecule has 4 aliphatic heterocycles. The van der Waals surface area contributed by atoms with Crippen LogP contribution < -0.4 is 0 Å². The van der Waals surface area contributed by atoms with Crippen molar-refractivity contribution in [3.05, 3.63) is 172 Å². The summed E-state index contributed by atoms with van der Waals surface area (Å²) in [6, 6.07) is 40.3. The van der Waals surface area contributed by atoms with Crippen molar-refractivity contribution in [2.24, 2.45) is 5.92 Å². The number of ether oxygens (including phenoxy) is 1. The van der Waals surface area contributed by atoms with Crippen LogP contribution in [0.2, 0.25) is 15.1 Å². The van der Waals surface area contributed by atoms with Crippen LogP contribution in [0.3, 0.4) is 0 Å². The number of aromatic nitrogens is 13. The zero-order chi connectivity index (χ0) is 71.8. The maximum Gasteiger partial charge on any atom is 0.286 e. The molecule has 26 heteroatoms. The van der Waals surface area contributed by atoms with E-state index in [2.05, 4.69) is 92.2 Å². The van der Waals surface area contributed by atoms with Gasteiger partial charge in [0.25, 0.3) is 5.92 Å². The fraction of sp³-hybridized carbons (Fsp3) is 0.397. The van der Waals surface area contributed by atoms with Gasteiger partial charge in [-0.1, -0.05) is 163 Å². The van der Waals surface area contributed by atoms with E-state index >= 15 is 0 Å². The maximum atomic E-state index is 14.0. The zero-order valence-corrected chi connectivity index (χ0v) is 61.5. The molecule has 104 heavy (non-hydrogen) atoms. The number of nitrogens with zero attached hydrogens (tertiary/aromatic N) is 19. The van der Waals surface area contributed by atoms with Crippen LogP contribution in [0.4, 0.5) is 8.78 Å². The molecule has 540 valence electrons. The maximum absolute atomic E-state index is 14.0. The molecule has 0 amide bonds. The first kappa shape index (κ1) is 72.5. The summed E-state index contributed by atoms with van der Waals surface area (Å²) in [6.07, 6.45) is 8.53. The van der Waals surface area contributed by atoms with Crippen LogP contribution >= 0.6 is 34.8 Å². The molecule has 4 aromatic carbocycles. The Hall–Kier alpha value is -8.46. The molecule has 1 saturated carbocycles. The Morgan fingerprint density at radius 2 is 0.865 bits per heavy atom. The highest BCUT2D eigenvalue weighted by atomic mass is 35.5. The third-order valence-corrected chi connectivity index (χ3v) is 21.6. The van der Waals surface area contributed by atoms with Crippen LogP contribution in [0, 0.1) is 5.92 Å². The van der Waals surface area contributed by atoms with Gasteiger partial charge >= 0.3 is 0 Å². The molecular formula is C78H86Cl3F2N19O2.